The van der Waals surface area contributed by atoms with Crippen LogP contribution in [-0.2, 0) is 0 Å². The van der Waals surface area contributed by atoms with E-state index in [1.165, 1.54) is 77.8 Å². The van der Waals surface area contributed by atoms with Gasteiger partial charge in [-0.1, -0.05) is 0 Å². The van der Waals surface area contributed by atoms with Gasteiger partial charge < -0.3 is 0 Å². The van der Waals surface area contributed by atoms with E-state index in [9.17, 15) is 0 Å². The average Bonchev–Trinajstić information content (AvgIpc) is 2.54. The van der Waals surface area contributed by atoms with Crippen molar-refractivity contribution < 1.29 is 0 Å². The lowest BCUT2D eigenvalue weighted by Crippen LogP contribution is -2.57. The maximum Gasteiger partial charge on any atom is 0.0125 e. The van der Waals surface area contributed by atoms with Gasteiger partial charge in [-0.15, -0.1) is 0 Å². The van der Waals surface area contributed by atoms with Crippen LogP contribution in [0.1, 0.15) is 80.1 Å². The molecule has 0 radical (unpaired) electrons. The fraction of sp³-hybridized carbons (Fsp3) is 1.00. The summed E-state index contributed by atoms with van der Waals surface area (Å²) < 4.78 is 0. The minimum atomic E-state index is 0.341. The minimum Gasteiger partial charge on any atom is -0.300 e. The second kappa shape index (κ2) is 7.13. The van der Waals surface area contributed by atoms with Gasteiger partial charge in [0.25, 0.3) is 0 Å². The van der Waals surface area contributed by atoms with E-state index in [1.54, 1.807) is 0 Å². The Labute approximate surface area is 157 Å². The third-order valence-electron chi connectivity index (χ3n) is 7.39. The van der Waals surface area contributed by atoms with Gasteiger partial charge in [-0.3, -0.25) is 14.7 Å². The molecule has 3 aliphatic heterocycles. The van der Waals surface area contributed by atoms with Crippen LogP contribution >= 0.6 is 0 Å². The van der Waals surface area contributed by atoms with Gasteiger partial charge in [0.2, 0.25) is 0 Å². The Morgan fingerprint density at radius 3 is 1.72 bits per heavy atom. The fourth-order valence-corrected chi connectivity index (χ4v) is 5.52. The molecular formula is C22H43N3. The molecule has 3 aliphatic rings. The summed E-state index contributed by atoms with van der Waals surface area (Å²) in [4.78, 5) is 8.29. The Morgan fingerprint density at radius 1 is 0.680 bits per heavy atom. The summed E-state index contributed by atoms with van der Waals surface area (Å²) in [6.45, 7) is 22.1. The number of piperidine rings is 3. The molecule has 0 atom stereocenters. The summed E-state index contributed by atoms with van der Waals surface area (Å²) in [5.74, 6) is 0. The van der Waals surface area contributed by atoms with Crippen LogP contribution in [0.3, 0.4) is 0 Å². The van der Waals surface area contributed by atoms with Gasteiger partial charge >= 0.3 is 0 Å². The summed E-state index contributed by atoms with van der Waals surface area (Å²) in [5.41, 5.74) is 1.31. The molecule has 0 aromatic carbocycles. The summed E-state index contributed by atoms with van der Waals surface area (Å²) in [6.07, 6.45) is 8.49. The van der Waals surface area contributed by atoms with Gasteiger partial charge in [0.15, 0.2) is 0 Å². The van der Waals surface area contributed by atoms with Crippen LogP contribution in [0.25, 0.3) is 0 Å². The summed E-state index contributed by atoms with van der Waals surface area (Å²) >= 11 is 0. The Hall–Kier alpha value is -0.120. The van der Waals surface area contributed by atoms with E-state index in [4.69, 9.17) is 0 Å². The first kappa shape index (κ1) is 19.6. The van der Waals surface area contributed by atoms with Crippen LogP contribution in [0.2, 0.25) is 0 Å². The zero-order chi connectivity index (χ0) is 18.3. The molecule has 0 aliphatic carbocycles. The monoisotopic (exact) mass is 349 g/mol. The van der Waals surface area contributed by atoms with E-state index >= 15 is 0 Å². The molecule has 0 saturated carbocycles. The highest BCUT2D eigenvalue weighted by atomic mass is 15.2. The molecule has 3 saturated heterocycles. The quantitative estimate of drug-likeness (QED) is 0.701. The van der Waals surface area contributed by atoms with Gasteiger partial charge in [0, 0.05) is 36.8 Å². The van der Waals surface area contributed by atoms with E-state index in [0.29, 0.717) is 16.5 Å². The van der Waals surface area contributed by atoms with E-state index in [0.717, 1.165) is 6.04 Å². The van der Waals surface area contributed by atoms with Crippen LogP contribution in [0, 0.1) is 5.41 Å². The predicted molar refractivity (Wildman–Crippen MR) is 108 cm³/mol. The van der Waals surface area contributed by atoms with Crippen molar-refractivity contribution in [3.05, 3.63) is 0 Å². The van der Waals surface area contributed by atoms with Crippen LogP contribution in [0.15, 0.2) is 0 Å². The lowest BCUT2D eigenvalue weighted by molar-refractivity contribution is -0.0304. The second-order valence-electron chi connectivity index (χ2n) is 11.1. The third-order valence-corrected chi connectivity index (χ3v) is 7.39. The molecule has 0 aromatic heterocycles. The van der Waals surface area contributed by atoms with Crippen LogP contribution in [0.5, 0.6) is 0 Å². The Kier molecular flexibility index (Phi) is 5.60. The molecule has 3 heteroatoms. The number of likely N-dealkylation sites (tertiary alicyclic amines) is 3. The smallest absolute Gasteiger partial charge is 0.0125 e. The average molecular weight is 350 g/mol. The van der Waals surface area contributed by atoms with Gasteiger partial charge in [0.05, 0.1) is 0 Å². The van der Waals surface area contributed by atoms with Crippen molar-refractivity contribution in [3.8, 4) is 0 Å². The third kappa shape index (κ3) is 4.59. The number of hydrogen-bond acceptors (Lipinski definition) is 3. The Morgan fingerprint density at radius 2 is 1.20 bits per heavy atom. The van der Waals surface area contributed by atoms with E-state index in [2.05, 4.69) is 56.2 Å². The first-order chi connectivity index (χ1) is 11.6. The molecule has 25 heavy (non-hydrogen) atoms. The van der Waals surface area contributed by atoms with Crippen LogP contribution in [-0.4, -0.2) is 71.1 Å². The summed E-state index contributed by atoms with van der Waals surface area (Å²) in [6, 6.07) is 0.844. The van der Waals surface area contributed by atoms with E-state index < -0.39 is 0 Å². The molecule has 0 unspecified atom stereocenters. The van der Waals surface area contributed by atoms with Gasteiger partial charge in [0.1, 0.15) is 0 Å². The van der Waals surface area contributed by atoms with Crippen molar-refractivity contribution in [3.63, 3.8) is 0 Å². The van der Waals surface area contributed by atoms with Gasteiger partial charge in [-0.05, 0) is 105 Å². The molecular weight excluding hydrogens is 306 g/mol. The molecule has 1 spiro atoms. The summed E-state index contributed by atoms with van der Waals surface area (Å²) in [7, 11) is 0. The van der Waals surface area contributed by atoms with Crippen molar-refractivity contribution in [2.24, 2.45) is 5.41 Å². The Balaban J connectivity index is 1.54. The number of nitrogens with zero attached hydrogens (tertiary/aromatic N) is 3. The molecule has 0 aromatic rings. The van der Waals surface area contributed by atoms with Crippen molar-refractivity contribution in [2.75, 3.05) is 39.3 Å². The predicted octanol–water partition coefficient (Wildman–Crippen LogP) is 4.23. The lowest BCUT2D eigenvalue weighted by atomic mass is 9.71. The maximum atomic E-state index is 2.90. The zero-order valence-electron chi connectivity index (χ0n) is 17.9. The normalized spacial score (nSPS) is 28.6. The standard InChI is InChI=1S/C22H43N3/c1-20(2,3)24-14-8-19(9-15-24)23-13-7-10-22(18-23)11-16-25(17-12-22)21(4,5)6/h19H,7-18H2,1-6H3. The molecule has 0 bridgehead atoms. The lowest BCUT2D eigenvalue weighted by Gasteiger charge is -2.53. The van der Waals surface area contributed by atoms with Crippen molar-refractivity contribution in [1.82, 2.24) is 14.7 Å². The van der Waals surface area contributed by atoms with Gasteiger partial charge in [-0.25, -0.2) is 0 Å². The fourth-order valence-electron chi connectivity index (χ4n) is 5.52. The second-order valence-corrected chi connectivity index (χ2v) is 11.1. The van der Waals surface area contributed by atoms with Crippen LogP contribution < -0.4 is 0 Å². The first-order valence-electron chi connectivity index (χ1n) is 10.8. The number of hydrogen-bond donors (Lipinski definition) is 0. The zero-order valence-corrected chi connectivity index (χ0v) is 17.9. The highest BCUT2D eigenvalue weighted by Gasteiger charge is 2.42. The van der Waals surface area contributed by atoms with Crippen LogP contribution in [0.4, 0.5) is 0 Å². The molecule has 0 N–H and O–H groups in total. The number of rotatable bonds is 1. The van der Waals surface area contributed by atoms with Crippen molar-refractivity contribution in [1.29, 1.82) is 0 Å². The molecule has 3 heterocycles. The van der Waals surface area contributed by atoms with E-state index in [1.807, 2.05) is 0 Å². The molecule has 146 valence electrons. The minimum absolute atomic E-state index is 0.341. The maximum absolute atomic E-state index is 2.90. The van der Waals surface area contributed by atoms with Crippen molar-refractivity contribution in [2.45, 2.75) is 97.2 Å². The molecule has 3 rings (SSSR count). The largest absolute Gasteiger partial charge is 0.300 e. The summed E-state index contributed by atoms with van der Waals surface area (Å²) in [5, 5.41) is 0. The highest BCUT2D eigenvalue weighted by molar-refractivity contribution is 4.96. The van der Waals surface area contributed by atoms with E-state index in [-0.39, 0.29) is 0 Å². The van der Waals surface area contributed by atoms with Crippen molar-refractivity contribution >= 4 is 0 Å². The molecule has 3 nitrogen and oxygen atoms in total. The topological polar surface area (TPSA) is 9.72 Å². The first-order valence-corrected chi connectivity index (χ1v) is 10.8. The molecule has 0 amide bonds. The SMILES string of the molecule is CC(C)(C)N1CCC(N2CCCC3(CCN(C(C)(C)C)CC3)C2)CC1. The highest BCUT2D eigenvalue weighted by Crippen LogP contribution is 2.42. The Bertz CT molecular complexity index is 429. The van der Waals surface area contributed by atoms with Gasteiger partial charge in [-0.2, -0.15) is 0 Å². The molecule has 3 fully saturated rings.